The zero-order valence-electron chi connectivity index (χ0n) is 9.90. The van der Waals surface area contributed by atoms with Gasteiger partial charge in [0.15, 0.2) is 0 Å². The Morgan fingerprint density at radius 3 is 3.17 bits per heavy atom. The Labute approximate surface area is 104 Å². The molecule has 3 rings (SSSR count). The Balaban J connectivity index is 1.73. The van der Waals surface area contributed by atoms with E-state index in [0.717, 1.165) is 30.0 Å². The third-order valence-electron chi connectivity index (χ3n) is 3.12. The van der Waals surface area contributed by atoms with Crippen LogP contribution in [-0.2, 0) is 19.5 Å². The van der Waals surface area contributed by atoms with Gasteiger partial charge >= 0.3 is 0 Å². The van der Waals surface area contributed by atoms with Crippen LogP contribution in [0, 0.1) is 5.82 Å². The van der Waals surface area contributed by atoms with Crippen molar-refractivity contribution >= 4 is 6.01 Å². The van der Waals surface area contributed by atoms with Gasteiger partial charge in [-0.25, -0.2) is 4.39 Å². The van der Waals surface area contributed by atoms with Gasteiger partial charge in [-0.15, -0.1) is 0 Å². The van der Waals surface area contributed by atoms with E-state index in [1.165, 1.54) is 6.07 Å². The maximum absolute atomic E-state index is 13.1. The molecule has 0 saturated carbocycles. The molecule has 0 fully saturated rings. The topological polar surface area (TPSA) is 55.3 Å². The highest BCUT2D eigenvalue weighted by Crippen LogP contribution is 2.22. The molecule has 0 radical (unpaired) electrons. The first kappa shape index (κ1) is 11.2. The quantitative estimate of drug-likeness (QED) is 0.881. The lowest BCUT2D eigenvalue weighted by Gasteiger charge is -2.24. The Morgan fingerprint density at radius 2 is 2.33 bits per heavy atom. The lowest BCUT2D eigenvalue weighted by atomic mass is 10.1. The Kier molecular flexibility index (Phi) is 2.76. The first-order valence-corrected chi connectivity index (χ1v) is 5.91. The van der Waals surface area contributed by atoms with E-state index in [4.69, 9.17) is 10.2 Å². The van der Waals surface area contributed by atoms with Crippen LogP contribution in [0.15, 0.2) is 28.7 Å². The average Bonchev–Trinajstić information content (AvgIpc) is 2.68. The highest BCUT2D eigenvalue weighted by atomic mass is 19.1. The maximum atomic E-state index is 13.1. The first-order valence-electron chi connectivity index (χ1n) is 5.91. The number of aromatic nitrogens is 1. The van der Waals surface area contributed by atoms with E-state index in [1.807, 2.05) is 6.07 Å². The molecule has 0 atom stereocenters. The summed E-state index contributed by atoms with van der Waals surface area (Å²) in [5.74, 6) is 0.680. The lowest BCUT2D eigenvalue weighted by Crippen LogP contribution is -2.29. The summed E-state index contributed by atoms with van der Waals surface area (Å²) in [5.41, 5.74) is 7.40. The number of nitrogens with zero attached hydrogens (tertiary/aromatic N) is 2. The summed E-state index contributed by atoms with van der Waals surface area (Å²) >= 11 is 0. The van der Waals surface area contributed by atoms with E-state index in [1.54, 1.807) is 12.1 Å². The van der Waals surface area contributed by atoms with Crippen LogP contribution in [0.2, 0.25) is 0 Å². The van der Waals surface area contributed by atoms with Crippen LogP contribution >= 0.6 is 0 Å². The fourth-order valence-electron chi connectivity index (χ4n) is 2.30. The van der Waals surface area contributed by atoms with Gasteiger partial charge in [-0.3, -0.25) is 4.90 Å². The molecule has 2 aromatic rings. The molecule has 2 N–H and O–H groups in total. The standard InChI is InChI=1S/C13H14FN3O/c14-10-3-1-2-9(6-10)7-17-5-4-12-11(8-17)16-13(15)18-12/h1-3,6H,4-5,7-8H2,(H2,15,16). The molecule has 5 heteroatoms. The van der Waals surface area contributed by atoms with E-state index in [9.17, 15) is 4.39 Å². The van der Waals surface area contributed by atoms with Crippen molar-refractivity contribution in [3.05, 3.63) is 47.1 Å². The molecule has 0 unspecified atom stereocenters. The Bertz CT molecular complexity index is 567. The second-order valence-electron chi connectivity index (χ2n) is 4.51. The average molecular weight is 247 g/mol. The zero-order valence-corrected chi connectivity index (χ0v) is 9.90. The van der Waals surface area contributed by atoms with Crippen LogP contribution in [-0.4, -0.2) is 16.4 Å². The minimum Gasteiger partial charge on any atom is -0.429 e. The van der Waals surface area contributed by atoms with Gasteiger partial charge in [-0.2, -0.15) is 4.98 Å². The van der Waals surface area contributed by atoms with Gasteiger partial charge < -0.3 is 10.2 Å². The molecule has 0 amide bonds. The predicted octanol–water partition coefficient (Wildman–Crippen LogP) is 1.95. The van der Waals surface area contributed by atoms with Crippen molar-refractivity contribution in [2.24, 2.45) is 0 Å². The summed E-state index contributed by atoms with van der Waals surface area (Å²) in [6.45, 7) is 2.29. The fourth-order valence-corrected chi connectivity index (χ4v) is 2.30. The van der Waals surface area contributed by atoms with Gasteiger partial charge in [0, 0.05) is 26.1 Å². The van der Waals surface area contributed by atoms with E-state index >= 15 is 0 Å². The molecule has 1 aromatic heterocycles. The minimum absolute atomic E-state index is 0.198. The molecule has 1 aromatic carbocycles. The van der Waals surface area contributed by atoms with Crippen LogP contribution in [0.1, 0.15) is 17.0 Å². The van der Waals surface area contributed by atoms with Gasteiger partial charge in [0.05, 0.1) is 5.69 Å². The summed E-state index contributed by atoms with van der Waals surface area (Å²) in [6, 6.07) is 6.90. The van der Waals surface area contributed by atoms with E-state index in [0.29, 0.717) is 13.1 Å². The third-order valence-corrected chi connectivity index (χ3v) is 3.12. The number of benzene rings is 1. The van der Waals surface area contributed by atoms with Gasteiger partial charge in [0.25, 0.3) is 6.01 Å². The molecule has 1 aliphatic heterocycles. The van der Waals surface area contributed by atoms with E-state index in [-0.39, 0.29) is 11.8 Å². The molecule has 4 nitrogen and oxygen atoms in total. The normalized spacial score (nSPS) is 15.6. The number of rotatable bonds is 2. The number of hydrogen-bond donors (Lipinski definition) is 1. The molecule has 0 spiro atoms. The summed E-state index contributed by atoms with van der Waals surface area (Å²) in [4.78, 5) is 6.36. The third kappa shape index (κ3) is 2.22. The molecule has 0 aliphatic carbocycles. The molecule has 94 valence electrons. The number of nitrogen functional groups attached to an aromatic ring is 1. The highest BCUT2D eigenvalue weighted by Gasteiger charge is 2.21. The van der Waals surface area contributed by atoms with Crippen LogP contribution in [0.4, 0.5) is 10.4 Å². The number of fused-ring (bicyclic) bond motifs is 1. The second kappa shape index (κ2) is 4.42. The second-order valence-corrected chi connectivity index (χ2v) is 4.51. The lowest BCUT2D eigenvalue weighted by molar-refractivity contribution is 0.232. The minimum atomic E-state index is -0.198. The van der Waals surface area contributed by atoms with Crippen LogP contribution < -0.4 is 5.73 Å². The molecular weight excluding hydrogens is 233 g/mol. The van der Waals surface area contributed by atoms with Crippen molar-refractivity contribution in [3.63, 3.8) is 0 Å². The molecule has 1 aliphatic rings. The molecule has 0 saturated heterocycles. The fraction of sp³-hybridized carbons (Fsp3) is 0.308. The molecular formula is C13H14FN3O. The smallest absolute Gasteiger partial charge is 0.292 e. The molecule has 2 heterocycles. The predicted molar refractivity (Wildman–Crippen MR) is 65.1 cm³/mol. The monoisotopic (exact) mass is 247 g/mol. The SMILES string of the molecule is Nc1nc2c(o1)CCN(Cc1cccc(F)c1)C2. The van der Waals surface area contributed by atoms with Gasteiger partial charge in [0.2, 0.25) is 0 Å². The largest absolute Gasteiger partial charge is 0.429 e. The van der Waals surface area contributed by atoms with Crippen molar-refractivity contribution in [3.8, 4) is 0 Å². The first-order chi connectivity index (χ1) is 8.70. The number of halogens is 1. The zero-order chi connectivity index (χ0) is 12.5. The molecule has 0 bridgehead atoms. The summed E-state index contributed by atoms with van der Waals surface area (Å²) < 4.78 is 18.4. The number of oxazole rings is 1. The summed E-state index contributed by atoms with van der Waals surface area (Å²) in [7, 11) is 0. The van der Waals surface area contributed by atoms with Crippen molar-refractivity contribution in [1.29, 1.82) is 0 Å². The van der Waals surface area contributed by atoms with Gasteiger partial charge in [0.1, 0.15) is 11.6 Å². The Morgan fingerprint density at radius 1 is 1.44 bits per heavy atom. The summed E-state index contributed by atoms with van der Waals surface area (Å²) in [5, 5.41) is 0. The van der Waals surface area contributed by atoms with E-state index in [2.05, 4.69) is 9.88 Å². The number of nitrogens with two attached hydrogens (primary N) is 1. The van der Waals surface area contributed by atoms with Crippen molar-refractivity contribution in [1.82, 2.24) is 9.88 Å². The van der Waals surface area contributed by atoms with Crippen molar-refractivity contribution in [2.45, 2.75) is 19.5 Å². The van der Waals surface area contributed by atoms with Crippen LogP contribution in [0.25, 0.3) is 0 Å². The molecule has 18 heavy (non-hydrogen) atoms. The van der Waals surface area contributed by atoms with Gasteiger partial charge in [-0.05, 0) is 17.7 Å². The van der Waals surface area contributed by atoms with Gasteiger partial charge in [-0.1, -0.05) is 12.1 Å². The number of hydrogen-bond acceptors (Lipinski definition) is 4. The highest BCUT2D eigenvalue weighted by molar-refractivity contribution is 5.23. The van der Waals surface area contributed by atoms with Crippen LogP contribution in [0.5, 0.6) is 0 Å². The number of anilines is 1. The van der Waals surface area contributed by atoms with E-state index < -0.39 is 0 Å². The summed E-state index contributed by atoms with van der Waals surface area (Å²) in [6.07, 6.45) is 0.800. The van der Waals surface area contributed by atoms with Crippen LogP contribution in [0.3, 0.4) is 0 Å². The van der Waals surface area contributed by atoms with Crippen molar-refractivity contribution < 1.29 is 8.81 Å². The maximum Gasteiger partial charge on any atom is 0.292 e. The van der Waals surface area contributed by atoms with Crippen molar-refractivity contribution in [2.75, 3.05) is 12.3 Å². The Hall–Kier alpha value is -1.88.